The lowest BCUT2D eigenvalue weighted by Crippen LogP contribution is -2.25. The highest BCUT2D eigenvalue weighted by Gasteiger charge is 1.86. The van der Waals surface area contributed by atoms with Crippen molar-refractivity contribution >= 4 is 0 Å². The summed E-state index contributed by atoms with van der Waals surface area (Å²) in [4.78, 5) is 12.7. The fraction of sp³-hybridized carbons (Fsp3) is 0. The van der Waals surface area contributed by atoms with Gasteiger partial charge in [0.05, 0.1) is 0 Å². The van der Waals surface area contributed by atoms with Gasteiger partial charge in [-0.05, 0) is 5.16 Å². The standard InChI is InChI=1S/C4H4N2O3/c7-3-4(6-8)9-2-1-5-3/h1-2,8H,(H,5,7)/b6-4-. The third kappa shape index (κ3) is 0.987. The molecule has 48 valence electrons. The van der Waals surface area contributed by atoms with Gasteiger partial charge < -0.3 is 14.6 Å². The Morgan fingerprint density at radius 1 is 1.78 bits per heavy atom. The zero-order chi connectivity index (χ0) is 6.69. The van der Waals surface area contributed by atoms with E-state index in [2.05, 4.69) is 14.6 Å². The van der Waals surface area contributed by atoms with Gasteiger partial charge in [-0.2, -0.15) is 0 Å². The Balaban J connectivity index is 3.53. The molecule has 0 aromatic carbocycles. The van der Waals surface area contributed by atoms with Crippen LogP contribution in [0.25, 0.3) is 0 Å². The molecule has 1 rings (SSSR count). The van der Waals surface area contributed by atoms with E-state index < -0.39 is 5.56 Å². The Labute approximate surface area is 49.3 Å². The van der Waals surface area contributed by atoms with Gasteiger partial charge in [-0.3, -0.25) is 4.79 Å². The predicted molar refractivity (Wildman–Crippen MR) is 26.7 cm³/mol. The summed E-state index contributed by atoms with van der Waals surface area (Å²) in [6.45, 7) is 0. The molecule has 0 bridgehead atoms. The van der Waals surface area contributed by atoms with Gasteiger partial charge in [0.1, 0.15) is 6.26 Å². The number of nitrogens with one attached hydrogen (secondary N) is 1. The molecule has 0 aliphatic carbocycles. The summed E-state index contributed by atoms with van der Waals surface area (Å²) in [7, 11) is 0. The highest BCUT2D eigenvalue weighted by Crippen LogP contribution is 1.61. The van der Waals surface area contributed by atoms with Crippen molar-refractivity contribution in [3.05, 3.63) is 28.4 Å². The van der Waals surface area contributed by atoms with E-state index in [1.54, 1.807) is 0 Å². The SMILES string of the molecule is O=c1[nH]cco/c1=N\O. The molecule has 0 saturated heterocycles. The predicted octanol–water partition coefficient (Wildman–Crippen LogP) is -0.742. The van der Waals surface area contributed by atoms with E-state index in [0.717, 1.165) is 0 Å². The Morgan fingerprint density at radius 3 is 3.00 bits per heavy atom. The first-order valence-corrected chi connectivity index (χ1v) is 2.19. The van der Waals surface area contributed by atoms with Crippen LogP contribution in [0.5, 0.6) is 0 Å². The van der Waals surface area contributed by atoms with Gasteiger partial charge in [-0.25, -0.2) is 0 Å². The van der Waals surface area contributed by atoms with Crippen molar-refractivity contribution < 1.29 is 9.62 Å². The van der Waals surface area contributed by atoms with Gasteiger partial charge in [-0.1, -0.05) is 0 Å². The molecule has 0 radical (unpaired) electrons. The van der Waals surface area contributed by atoms with E-state index in [9.17, 15) is 4.79 Å². The molecular weight excluding hydrogens is 124 g/mol. The zero-order valence-corrected chi connectivity index (χ0v) is 4.37. The van der Waals surface area contributed by atoms with Crippen LogP contribution in [0.4, 0.5) is 0 Å². The van der Waals surface area contributed by atoms with Gasteiger partial charge in [-0.15, -0.1) is 0 Å². The largest absolute Gasteiger partial charge is 0.439 e. The van der Waals surface area contributed by atoms with Crippen LogP contribution in [-0.4, -0.2) is 10.2 Å². The van der Waals surface area contributed by atoms with Crippen LogP contribution >= 0.6 is 0 Å². The second-order valence-electron chi connectivity index (χ2n) is 1.30. The third-order valence-electron chi connectivity index (χ3n) is 0.747. The summed E-state index contributed by atoms with van der Waals surface area (Å²) in [5.74, 6) is 0. The van der Waals surface area contributed by atoms with Gasteiger partial charge in [0.15, 0.2) is 0 Å². The fourth-order valence-corrected chi connectivity index (χ4v) is 0.392. The third-order valence-corrected chi connectivity index (χ3v) is 0.747. The minimum absolute atomic E-state index is 0.350. The monoisotopic (exact) mass is 128 g/mol. The second-order valence-corrected chi connectivity index (χ2v) is 1.30. The Morgan fingerprint density at radius 2 is 2.56 bits per heavy atom. The second kappa shape index (κ2) is 2.17. The first-order chi connectivity index (χ1) is 4.34. The van der Waals surface area contributed by atoms with Crippen LogP contribution in [0.15, 0.2) is 26.8 Å². The lowest BCUT2D eigenvalue weighted by atomic mass is 10.8. The van der Waals surface area contributed by atoms with Crippen LogP contribution in [0.3, 0.4) is 0 Å². The van der Waals surface area contributed by atoms with E-state index in [0.29, 0.717) is 0 Å². The number of aromatic nitrogens is 1. The molecule has 0 fully saturated rings. The molecule has 0 aliphatic heterocycles. The van der Waals surface area contributed by atoms with Crippen LogP contribution in [-0.2, 0) is 0 Å². The van der Waals surface area contributed by atoms with Crippen molar-refractivity contribution in [3.8, 4) is 0 Å². The summed E-state index contributed by atoms with van der Waals surface area (Å²) in [6, 6.07) is 0. The highest BCUT2D eigenvalue weighted by molar-refractivity contribution is 4.67. The van der Waals surface area contributed by atoms with Gasteiger partial charge >= 0.3 is 11.1 Å². The smallest absolute Gasteiger partial charge is 0.321 e. The number of hydrogen-bond donors (Lipinski definition) is 2. The van der Waals surface area contributed by atoms with Crippen molar-refractivity contribution in [2.24, 2.45) is 5.16 Å². The summed E-state index contributed by atoms with van der Waals surface area (Å²) in [5, 5.41) is 10.6. The zero-order valence-electron chi connectivity index (χ0n) is 4.37. The molecule has 1 aromatic rings. The lowest BCUT2D eigenvalue weighted by molar-refractivity contribution is 0.269. The van der Waals surface area contributed by atoms with E-state index in [-0.39, 0.29) is 5.55 Å². The normalized spacial score (nSPS) is 11.8. The molecule has 0 saturated carbocycles. The Kier molecular flexibility index (Phi) is 1.35. The summed E-state index contributed by atoms with van der Waals surface area (Å²) < 4.78 is 4.45. The maximum atomic E-state index is 10.4. The molecule has 9 heavy (non-hydrogen) atoms. The van der Waals surface area contributed by atoms with Crippen molar-refractivity contribution in [2.75, 3.05) is 0 Å². The number of nitrogens with zero attached hydrogens (tertiary/aromatic N) is 1. The number of rotatable bonds is 0. The molecule has 1 aromatic heterocycles. The maximum absolute atomic E-state index is 10.4. The molecule has 2 N–H and O–H groups in total. The van der Waals surface area contributed by atoms with Gasteiger partial charge in [0, 0.05) is 6.20 Å². The average Bonchev–Trinajstić information content (AvgIpc) is 1.89. The minimum Gasteiger partial charge on any atom is -0.439 e. The quantitative estimate of drug-likeness (QED) is 0.356. The van der Waals surface area contributed by atoms with Gasteiger partial charge in [0.2, 0.25) is 0 Å². The van der Waals surface area contributed by atoms with Crippen LogP contribution in [0, 0.1) is 0 Å². The molecular formula is C4H4N2O3. The van der Waals surface area contributed by atoms with Crippen molar-refractivity contribution in [3.63, 3.8) is 0 Å². The van der Waals surface area contributed by atoms with Crippen molar-refractivity contribution in [1.29, 1.82) is 0 Å². The molecule has 0 aliphatic rings. The van der Waals surface area contributed by atoms with E-state index >= 15 is 0 Å². The molecule has 0 atom stereocenters. The van der Waals surface area contributed by atoms with Crippen LogP contribution < -0.4 is 11.1 Å². The molecule has 0 amide bonds. The fourth-order valence-electron chi connectivity index (χ4n) is 0.392. The number of aromatic amines is 1. The summed E-state index contributed by atoms with van der Waals surface area (Å²) in [5.41, 5.74) is -0.905. The molecule has 0 spiro atoms. The van der Waals surface area contributed by atoms with Crippen molar-refractivity contribution in [2.45, 2.75) is 0 Å². The van der Waals surface area contributed by atoms with E-state index in [1.165, 1.54) is 12.5 Å². The molecule has 0 unspecified atom stereocenters. The van der Waals surface area contributed by atoms with Gasteiger partial charge in [0.25, 0.3) is 0 Å². The molecule has 5 heteroatoms. The van der Waals surface area contributed by atoms with E-state index in [1.807, 2.05) is 0 Å². The lowest BCUT2D eigenvalue weighted by Gasteiger charge is -1.79. The topological polar surface area (TPSA) is 78.6 Å². The van der Waals surface area contributed by atoms with Crippen molar-refractivity contribution in [1.82, 2.24) is 4.98 Å². The average molecular weight is 128 g/mol. The molecule has 1 heterocycles. The summed E-state index contributed by atoms with van der Waals surface area (Å²) in [6.07, 6.45) is 2.51. The van der Waals surface area contributed by atoms with Crippen LogP contribution in [0.2, 0.25) is 0 Å². The number of H-pyrrole nitrogens is 1. The first-order valence-electron chi connectivity index (χ1n) is 2.19. The Bertz CT molecular complexity index is 297. The first kappa shape index (κ1) is 5.61. The Hall–Kier alpha value is -1.52. The maximum Gasteiger partial charge on any atom is 0.321 e. The highest BCUT2D eigenvalue weighted by atomic mass is 16.5. The molecule has 5 nitrogen and oxygen atoms in total. The van der Waals surface area contributed by atoms with E-state index in [4.69, 9.17) is 5.21 Å². The number of hydrogen-bond acceptors (Lipinski definition) is 4. The van der Waals surface area contributed by atoms with Crippen LogP contribution in [0.1, 0.15) is 0 Å². The summed E-state index contributed by atoms with van der Waals surface area (Å²) >= 11 is 0. The minimum atomic E-state index is -0.556.